The zero-order valence-electron chi connectivity index (χ0n) is 18.6. The van der Waals surface area contributed by atoms with Crippen LogP contribution in [0.1, 0.15) is 52.9 Å². The van der Waals surface area contributed by atoms with Crippen molar-refractivity contribution >= 4 is 17.3 Å². The van der Waals surface area contributed by atoms with Gasteiger partial charge in [-0.05, 0) is 48.7 Å². The molecule has 0 aliphatic carbocycles. The maximum atomic E-state index is 12.3. The topological polar surface area (TPSA) is 59.6 Å². The summed E-state index contributed by atoms with van der Waals surface area (Å²) in [4.78, 5) is 12.3. The van der Waals surface area contributed by atoms with Crippen LogP contribution in [0.5, 0.6) is 11.5 Å². The zero-order chi connectivity index (χ0) is 21.6. The van der Waals surface area contributed by atoms with Crippen LogP contribution >= 0.6 is 0 Å². The Balaban J connectivity index is 1.71. The maximum absolute atomic E-state index is 12.3. The summed E-state index contributed by atoms with van der Waals surface area (Å²) in [5.74, 6) is 2.00. The van der Waals surface area contributed by atoms with Crippen LogP contribution in [0.3, 0.4) is 0 Å². The number of ether oxygens (including phenoxy) is 2. The Morgan fingerprint density at radius 3 is 2.40 bits per heavy atom. The summed E-state index contributed by atoms with van der Waals surface area (Å²) in [5, 5.41) is 6.04. The number of rotatable bonds is 14. The van der Waals surface area contributed by atoms with E-state index in [4.69, 9.17) is 9.47 Å². The molecule has 0 atom stereocenters. The van der Waals surface area contributed by atoms with Gasteiger partial charge in [0.1, 0.15) is 11.5 Å². The Bertz CT molecular complexity index is 744. The van der Waals surface area contributed by atoms with Crippen molar-refractivity contribution in [1.82, 2.24) is 0 Å². The average Bonchev–Trinajstić information content (AvgIpc) is 2.74. The first-order valence-electron chi connectivity index (χ1n) is 11.1. The number of carbonyl (C=O) groups is 1. The van der Waals surface area contributed by atoms with Gasteiger partial charge in [0.2, 0.25) is 5.91 Å². The Morgan fingerprint density at radius 1 is 0.900 bits per heavy atom. The second-order valence-electron chi connectivity index (χ2n) is 7.92. The molecule has 2 aromatic carbocycles. The molecule has 0 radical (unpaired) electrons. The molecule has 0 heterocycles. The standard InChI is InChI=1S/C25H36N2O3/c1-4-5-6-7-8-16-29-24-11-9-10-22(17-24)27-25(28)18-26-21-12-14-23(15-13-21)30-19-20(2)3/h9-15,17,20,26H,4-8,16,18-19H2,1-3H3,(H,27,28). The number of benzene rings is 2. The van der Waals surface area contributed by atoms with Crippen molar-refractivity contribution in [2.24, 2.45) is 5.92 Å². The molecule has 1 amide bonds. The number of hydrogen-bond donors (Lipinski definition) is 2. The predicted molar refractivity (Wildman–Crippen MR) is 125 cm³/mol. The highest BCUT2D eigenvalue weighted by Gasteiger charge is 2.04. The summed E-state index contributed by atoms with van der Waals surface area (Å²) in [6, 6.07) is 15.2. The van der Waals surface area contributed by atoms with E-state index in [-0.39, 0.29) is 12.5 Å². The summed E-state index contributed by atoms with van der Waals surface area (Å²) < 4.78 is 11.5. The molecule has 30 heavy (non-hydrogen) atoms. The van der Waals surface area contributed by atoms with Gasteiger partial charge in [-0.2, -0.15) is 0 Å². The summed E-state index contributed by atoms with van der Waals surface area (Å²) in [7, 11) is 0. The minimum Gasteiger partial charge on any atom is -0.494 e. The molecule has 0 saturated carbocycles. The number of hydrogen-bond acceptors (Lipinski definition) is 4. The molecule has 164 valence electrons. The van der Waals surface area contributed by atoms with Crippen molar-refractivity contribution in [2.75, 3.05) is 30.4 Å². The lowest BCUT2D eigenvalue weighted by Crippen LogP contribution is -2.21. The largest absolute Gasteiger partial charge is 0.494 e. The van der Waals surface area contributed by atoms with Gasteiger partial charge in [-0.25, -0.2) is 0 Å². The quantitative estimate of drug-likeness (QED) is 0.367. The van der Waals surface area contributed by atoms with Gasteiger partial charge in [0.15, 0.2) is 0 Å². The first kappa shape index (κ1) is 23.6. The average molecular weight is 413 g/mol. The van der Waals surface area contributed by atoms with E-state index in [1.54, 1.807) is 0 Å². The fourth-order valence-electron chi connectivity index (χ4n) is 2.88. The van der Waals surface area contributed by atoms with Crippen LogP contribution in [0.25, 0.3) is 0 Å². The fraction of sp³-hybridized carbons (Fsp3) is 0.480. The molecule has 0 bridgehead atoms. The lowest BCUT2D eigenvalue weighted by atomic mass is 10.2. The van der Waals surface area contributed by atoms with Crippen LogP contribution in [0.2, 0.25) is 0 Å². The van der Waals surface area contributed by atoms with E-state index in [1.165, 1.54) is 25.7 Å². The molecule has 5 heteroatoms. The van der Waals surface area contributed by atoms with E-state index in [1.807, 2.05) is 48.5 Å². The lowest BCUT2D eigenvalue weighted by molar-refractivity contribution is -0.114. The predicted octanol–water partition coefficient (Wildman–Crippen LogP) is 6.12. The second-order valence-corrected chi connectivity index (χ2v) is 7.92. The maximum Gasteiger partial charge on any atom is 0.243 e. The minimum absolute atomic E-state index is 0.105. The van der Waals surface area contributed by atoms with Gasteiger partial charge >= 0.3 is 0 Å². The monoisotopic (exact) mass is 412 g/mol. The van der Waals surface area contributed by atoms with Crippen molar-refractivity contribution in [3.05, 3.63) is 48.5 Å². The number of amides is 1. The Hall–Kier alpha value is -2.69. The molecule has 0 aliphatic rings. The molecule has 2 N–H and O–H groups in total. The zero-order valence-corrected chi connectivity index (χ0v) is 18.6. The molecule has 2 rings (SSSR count). The highest BCUT2D eigenvalue weighted by atomic mass is 16.5. The summed E-state index contributed by atoms with van der Waals surface area (Å²) in [6.07, 6.45) is 6.04. The molecule has 2 aromatic rings. The van der Waals surface area contributed by atoms with Gasteiger partial charge in [-0.15, -0.1) is 0 Å². The summed E-state index contributed by atoms with van der Waals surface area (Å²) in [6.45, 7) is 8.03. The normalized spacial score (nSPS) is 10.7. The second kappa shape index (κ2) is 13.5. The third-order valence-electron chi connectivity index (χ3n) is 4.53. The van der Waals surface area contributed by atoms with E-state index in [0.29, 0.717) is 19.1 Å². The molecule has 0 saturated heterocycles. The van der Waals surface area contributed by atoms with Crippen molar-refractivity contribution in [3.8, 4) is 11.5 Å². The van der Waals surface area contributed by atoms with E-state index < -0.39 is 0 Å². The SMILES string of the molecule is CCCCCCCOc1cccc(NC(=O)CNc2ccc(OCC(C)C)cc2)c1. The third kappa shape index (κ3) is 9.68. The van der Waals surface area contributed by atoms with E-state index in [0.717, 1.165) is 29.3 Å². The van der Waals surface area contributed by atoms with Gasteiger partial charge in [0, 0.05) is 17.4 Å². The smallest absolute Gasteiger partial charge is 0.243 e. The van der Waals surface area contributed by atoms with Crippen LogP contribution in [-0.2, 0) is 4.79 Å². The van der Waals surface area contributed by atoms with Crippen molar-refractivity contribution in [2.45, 2.75) is 52.9 Å². The fourth-order valence-corrected chi connectivity index (χ4v) is 2.88. The molecular weight excluding hydrogens is 376 g/mol. The van der Waals surface area contributed by atoms with Crippen LogP contribution in [0, 0.1) is 5.92 Å². The molecular formula is C25H36N2O3. The summed E-state index contributed by atoms with van der Waals surface area (Å²) >= 11 is 0. The number of unbranched alkanes of at least 4 members (excludes halogenated alkanes) is 4. The lowest BCUT2D eigenvalue weighted by Gasteiger charge is -2.11. The first-order chi connectivity index (χ1) is 14.6. The first-order valence-corrected chi connectivity index (χ1v) is 11.1. The molecule has 0 aromatic heterocycles. The highest BCUT2D eigenvalue weighted by molar-refractivity contribution is 5.93. The van der Waals surface area contributed by atoms with E-state index in [9.17, 15) is 4.79 Å². The molecule has 0 aliphatic heterocycles. The Morgan fingerprint density at radius 2 is 1.67 bits per heavy atom. The van der Waals surface area contributed by atoms with Crippen molar-refractivity contribution < 1.29 is 14.3 Å². The highest BCUT2D eigenvalue weighted by Crippen LogP contribution is 2.19. The van der Waals surface area contributed by atoms with Crippen LogP contribution in [0.15, 0.2) is 48.5 Å². The number of nitrogens with one attached hydrogen (secondary N) is 2. The van der Waals surface area contributed by atoms with Gasteiger partial charge in [-0.1, -0.05) is 52.5 Å². The summed E-state index contributed by atoms with van der Waals surface area (Å²) in [5.41, 5.74) is 1.62. The van der Waals surface area contributed by atoms with E-state index >= 15 is 0 Å². The van der Waals surface area contributed by atoms with Gasteiger partial charge in [0.25, 0.3) is 0 Å². The van der Waals surface area contributed by atoms with Crippen LogP contribution in [-0.4, -0.2) is 25.7 Å². The van der Waals surface area contributed by atoms with Gasteiger partial charge in [0.05, 0.1) is 19.8 Å². The Labute approximate surface area is 181 Å². The number of anilines is 2. The minimum atomic E-state index is -0.105. The molecule has 5 nitrogen and oxygen atoms in total. The molecule has 0 spiro atoms. The van der Waals surface area contributed by atoms with Crippen molar-refractivity contribution in [3.63, 3.8) is 0 Å². The van der Waals surface area contributed by atoms with Gasteiger partial charge in [-0.3, -0.25) is 4.79 Å². The number of carbonyl (C=O) groups excluding carboxylic acids is 1. The van der Waals surface area contributed by atoms with E-state index in [2.05, 4.69) is 31.4 Å². The van der Waals surface area contributed by atoms with Crippen molar-refractivity contribution in [1.29, 1.82) is 0 Å². The Kier molecular flexibility index (Phi) is 10.6. The molecule has 0 unspecified atom stereocenters. The molecule has 0 fully saturated rings. The third-order valence-corrected chi connectivity index (χ3v) is 4.53. The van der Waals surface area contributed by atoms with Crippen LogP contribution < -0.4 is 20.1 Å². The van der Waals surface area contributed by atoms with Gasteiger partial charge < -0.3 is 20.1 Å². The van der Waals surface area contributed by atoms with Crippen LogP contribution in [0.4, 0.5) is 11.4 Å².